The van der Waals surface area contributed by atoms with E-state index in [1.54, 1.807) is 19.1 Å². The molecule has 0 heterocycles. The van der Waals surface area contributed by atoms with Crippen LogP contribution in [0.2, 0.25) is 0 Å². The molecule has 0 bridgehead atoms. The summed E-state index contributed by atoms with van der Waals surface area (Å²) >= 11 is 5.56. The summed E-state index contributed by atoms with van der Waals surface area (Å²) in [6.45, 7) is 3.56. The number of aliphatic imine (C=N–C) groups is 1. The van der Waals surface area contributed by atoms with Gasteiger partial charge in [0.1, 0.15) is 5.84 Å². The largest absolute Gasteiger partial charge is 0.386 e. The fraction of sp³-hybridized carbons (Fsp3) is 0.364. The SMILES string of the molecule is Cc1ccc(S(C)(=O)=O)c(C)c1N=C(N)CCl. The third kappa shape index (κ3) is 3.20. The van der Waals surface area contributed by atoms with Gasteiger partial charge in [-0.15, -0.1) is 11.6 Å². The molecule has 2 N–H and O–H groups in total. The summed E-state index contributed by atoms with van der Waals surface area (Å²) in [6, 6.07) is 3.29. The van der Waals surface area contributed by atoms with Gasteiger partial charge in [-0.25, -0.2) is 13.4 Å². The van der Waals surface area contributed by atoms with E-state index in [0.29, 0.717) is 11.3 Å². The lowest BCUT2D eigenvalue weighted by molar-refractivity contribution is 0.601. The van der Waals surface area contributed by atoms with E-state index >= 15 is 0 Å². The van der Waals surface area contributed by atoms with Gasteiger partial charge in [-0.05, 0) is 31.0 Å². The second kappa shape index (κ2) is 5.06. The monoisotopic (exact) mass is 274 g/mol. The van der Waals surface area contributed by atoms with Crippen molar-refractivity contribution in [2.75, 3.05) is 12.1 Å². The van der Waals surface area contributed by atoms with Gasteiger partial charge in [0.15, 0.2) is 9.84 Å². The van der Waals surface area contributed by atoms with Crippen LogP contribution in [-0.4, -0.2) is 26.4 Å². The quantitative estimate of drug-likeness (QED) is 0.520. The fourth-order valence-corrected chi connectivity index (χ4v) is 2.59. The van der Waals surface area contributed by atoms with E-state index in [0.717, 1.165) is 5.56 Å². The van der Waals surface area contributed by atoms with Crippen molar-refractivity contribution in [1.82, 2.24) is 0 Å². The Balaban J connectivity index is 3.52. The minimum atomic E-state index is -3.26. The van der Waals surface area contributed by atoms with E-state index in [9.17, 15) is 8.42 Å². The molecule has 0 aromatic heterocycles. The number of hydrogen-bond acceptors (Lipinski definition) is 3. The van der Waals surface area contributed by atoms with Crippen LogP contribution in [-0.2, 0) is 9.84 Å². The average molecular weight is 275 g/mol. The molecule has 0 spiro atoms. The van der Waals surface area contributed by atoms with Gasteiger partial charge in [0, 0.05) is 6.26 Å². The highest BCUT2D eigenvalue weighted by atomic mass is 35.5. The molecule has 0 saturated heterocycles. The molecule has 0 atom stereocenters. The van der Waals surface area contributed by atoms with Gasteiger partial charge in [-0.1, -0.05) is 6.07 Å². The van der Waals surface area contributed by atoms with E-state index in [-0.39, 0.29) is 16.6 Å². The Kier molecular flexibility index (Phi) is 4.16. The predicted octanol–water partition coefficient (Wildman–Crippen LogP) is 1.93. The summed E-state index contributed by atoms with van der Waals surface area (Å²) in [5.41, 5.74) is 7.61. The van der Waals surface area contributed by atoms with Crippen molar-refractivity contribution >= 4 is 33.0 Å². The van der Waals surface area contributed by atoms with Crippen LogP contribution in [0.3, 0.4) is 0 Å². The summed E-state index contributed by atoms with van der Waals surface area (Å²) in [5, 5.41) is 0. The maximum Gasteiger partial charge on any atom is 0.175 e. The van der Waals surface area contributed by atoms with Gasteiger partial charge in [-0.2, -0.15) is 0 Å². The van der Waals surface area contributed by atoms with Crippen LogP contribution in [0.25, 0.3) is 0 Å². The normalized spacial score (nSPS) is 12.8. The smallest absolute Gasteiger partial charge is 0.175 e. The second-order valence-corrected chi connectivity index (χ2v) is 6.11. The molecule has 0 amide bonds. The van der Waals surface area contributed by atoms with Crippen molar-refractivity contribution in [3.8, 4) is 0 Å². The molecule has 0 radical (unpaired) electrons. The van der Waals surface area contributed by atoms with E-state index in [1.165, 1.54) is 6.26 Å². The van der Waals surface area contributed by atoms with Crippen LogP contribution in [0.1, 0.15) is 11.1 Å². The highest BCUT2D eigenvalue weighted by molar-refractivity contribution is 7.90. The molecule has 0 unspecified atom stereocenters. The zero-order valence-electron chi connectivity index (χ0n) is 9.99. The minimum Gasteiger partial charge on any atom is -0.386 e. The van der Waals surface area contributed by atoms with Gasteiger partial charge in [0.25, 0.3) is 0 Å². The molecule has 94 valence electrons. The maximum absolute atomic E-state index is 11.6. The second-order valence-electron chi connectivity index (χ2n) is 3.86. The molecule has 0 aliphatic rings. The number of amidine groups is 1. The average Bonchev–Trinajstić information content (AvgIpc) is 2.21. The maximum atomic E-state index is 11.6. The van der Waals surface area contributed by atoms with Crippen molar-refractivity contribution < 1.29 is 8.42 Å². The Labute approximate surface area is 106 Å². The summed E-state index contributed by atoms with van der Waals surface area (Å²) in [7, 11) is -3.26. The number of aryl methyl sites for hydroxylation is 1. The first-order chi connectivity index (χ1) is 7.77. The molecule has 1 rings (SSSR count). The van der Waals surface area contributed by atoms with Gasteiger partial charge in [-0.3, -0.25) is 0 Å². The van der Waals surface area contributed by atoms with Crippen molar-refractivity contribution in [2.24, 2.45) is 10.7 Å². The van der Waals surface area contributed by atoms with Crippen molar-refractivity contribution in [2.45, 2.75) is 18.7 Å². The van der Waals surface area contributed by atoms with Crippen LogP contribution < -0.4 is 5.73 Å². The van der Waals surface area contributed by atoms with E-state index in [4.69, 9.17) is 17.3 Å². The molecular formula is C11H15ClN2O2S. The topological polar surface area (TPSA) is 72.5 Å². The molecule has 0 fully saturated rings. The van der Waals surface area contributed by atoms with E-state index in [1.807, 2.05) is 6.92 Å². The van der Waals surface area contributed by atoms with Gasteiger partial charge < -0.3 is 5.73 Å². The summed E-state index contributed by atoms with van der Waals surface area (Å²) in [5.74, 6) is 0.380. The molecule has 1 aromatic rings. The molecule has 4 nitrogen and oxygen atoms in total. The molecule has 1 aromatic carbocycles. The van der Waals surface area contributed by atoms with Gasteiger partial charge in [0.05, 0.1) is 16.5 Å². The highest BCUT2D eigenvalue weighted by Crippen LogP contribution is 2.29. The number of benzene rings is 1. The van der Waals surface area contributed by atoms with Gasteiger partial charge in [0.2, 0.25) is 0 Å². The minimum absolute atomic E-state index is 0.113. The first-order valence-corrected chi connectivity index (χ1v) is 7.39. The zero-order valence-corrected chi connectivity index (χ0v) is 11.6. The lowest BCUT2D eigenvalue weighted by Crippen LogP contribution is -2.13. The fourth-order valence-electron chi connectivity index (χ4n) is 1.56. The van der Waals surface area contributed by atoms with Crippen LogP contribution in [0.5, 0.6) is 0 Å². The first kappa shape index (κ1) is 14.0. The molecule has 0 aliphatic heterocycles. The van der Waals surface area contributed by atoms with E-state index in [2.05, 4.69) is 4.99 Å². The van der Waals surface area contributed by atoms with Crippen molar-refractivity contribution in [3.05, 3.63) is 23.3 Å². The first-order valence-electron chi connectivity index (χ1n) is 4.96. The number of sulfone groups is 1. The Morgan fingerprint density at radius 2 is 2.00 bits per heavy atom. The molecule has 6 heteroatoms. The lowest BCUT2D eigenvalue weighted by atomic mass is 10.1. The highest BCUT2D eigenvalue weighted by Gasteiger charge is 2.15. The Morgan fingerprint density at radius 1 is 1.41 bits per heavy atom. The number of halogens is 1. The standard InChI is InChI=1S/C11H15ClN2O2S/c1-7-4-5-9(17(3,15)16)8(2)11(7)14-10(13)6-12/h4-5H,6H2,1-3H3,(H2,13,14). The third-order valence-corrected chi connectivity index (χ3v) is 3.89. The number of nitrogens with two attached hydrogens (primary N) is 1. The molecule has 17 heavy (non-hydrogen) atoms. The molecule has 0 saturated carbocycles. The Morgan fingerprint density at radius 3 is 2.47 bits per heavy atom. The van der Waals surface area contributed by atoms with Crippen molar-refractivity contribution in [3.63, 3.8) is 0 Å². The van der Waals surface area contributed by atoms with E-state index < -0.39 is 9.84 Å². The zero-order chi connectivity index (χ0) is 13.2. The van der Waals surface area contributed by atoms with Gasteiger partial charge >= 0.3 is 0 Å². The lowest BCUT2D eigenvalue weighted by Gasteiger charge is -2.10. The molecule has 0 aliphatic carbocycles. The Bertz CT molecular complexity index is 565. The van der Waals surface area contributed by atoms with Crippen LogP contribution in [0, 0.1) is 13.8 Å². The predicted molar refractivity (Wildman–Crippen MR) is 71.0 cm³/mol. The number of rotatable bonds is 3. The summed E-state index contributed by atoms with van der Waals surface area (Å²) < 4.78 is 23.1. The van der Waals surface area contributed by atoms with Crippen LogP contribution in [0.4, 0.5) is 5.69 Å². The van der Waals surface area contributed by atoms with Crippen LogP contribution in [0.15, 0.2) is 22.0 Å². The third-order valence-electron chi connectivity index (χ3n) is 2.37. The van der Waals surface area contributed by atoms with Crippen molar-refractivity contribution in [1.29, 1.82) is 0 Å². The number of nitrogens with zero attached hydrogens (tertiary/aromatic N) is 1. The van der Waals surface area contributed by atoms with Crippen LogP contribution >= 0.6 is 11.6 Å². The number of hydrogen-bond donors (Lipinski definition) is 1. The Hall–Kier alpha value is -1.07. The summed E-state index contributed by atoms with van der Waals surface area (Å²) in [6.07, 6.45) is 1.17. The summed E-state index contributed by atoms with van der Waals surface area (Å²) in [4.78, 5) is 4.42. The number of alkyl halides is 1. The molecular weight excluding hydrogens is 260 g/mol.